The van der Waals surface area contributed by atoms with Gasteiger partial charge < -0.3 is 24.6 Å². The van der Waals surface area contributed by atoms with Crippen molar-refractivity contribution in [2.75, 3.05) is 73.2 Å². The maximum Gasteiger partial charge on any atom is 0.239 e. The molecule has 1 unspecified atom stereocenters. The maximum atomic E-state index is 12.7. The number of amides is 1. The minimum absolute atomic E-state index is 0. The number of carbonyl (C=O) groups excluding carboxylic acids is 1. The molecular weight excluding hydrogens is 485 g/mol. The van der Waals surface area contributed by atoms with Crippen LogP contribution >= 0.6 is 24.0 Å². The van der Waals surface area contributed by atoms with Crippen LogP contribution in [0.1, 0.15) is 32.6 Å². The molecule has 29 heavy (non-hydrogen) atoms. The lowest BCUT2D eigenvalue weighted by atomic mass is 9.94. The molecule has 3 heterocycles. The molecule has 1 atom stereocenters. The van der Waals surface area contributed by atoms with E-state index in [0.717, 1.165) is 90.7 Å². The van der Waals surface area contributed by atoms with Gasteiger partial charge in [0.05, 0.1) is 11.6 Å². The summed E-state index contributed by atoms with van der Waals surface area (Å²) in [5.41, 5.74) is -0.174. The number of ether oxygens (including phenoxy) is 2. The fourth-order valence-electron chi connectivity index (χ4n) is 4.45. The summed E-state index contributed by atoms with van der Waals surface area (Å²) in [4.78, 5) is 23.8. The second-order valence-corrected chi connectivity index (χ2v) is 8.13. The highest BCUT2D eigenvalue weighted by Gasteiger charge is 2.34. The molecule has 0 aromatic heterocycles. The van der Waals surface area contributed by atoms with Crippen LogP contribution < -0.4 is 5.32 Å². The average molecular weight is 523 g/mol. The van der Waals surface area contributed by atoms with E-state index in [1.165, 1.54) is 0 Å². The lowest BCUT2D eigenvalue weighted by Crippen LogP contribution is -2.58. The highest BCUT2D eigenvalue weighted by atomic mass is 127. The number of hydrogen-bond donors (Lipinski definition) is 1. The Morgan fingerprint density at radius 1 is 1.10 bits per heavy atom. The Labute approximate surface area is 192 Å². The average Bonchev–Trinajstić information content (AvgIpc) is 3.29. The van der Waals surface area contributed by atoms with Gasteiger partial charge in [-0.25, -0.2) is 0 Å². The van der Waals surface area contributed by atoms with E-state index < -0.39 is 0 Å². The molecule has 3 aliphatic rings. The van der Waals surface area contributed by atoms with Gasteiger partial charge in [0.15, 0.2) is 5.96 Å². The number of guanidine groups is 1. The normalized spacial score (nSPS) is 24.2. The van der Waals surface area contributed by atoms with Gasteiger partial charge in [0.1, 0.15) is 0 Å². The molecule has 168 valence electrons. The summed E-state index contributed by atoms with van der Waals surface area (Å²) in [5.74, 6) is 1.20. The van der Waals surface area contributed by atoms with E-state index >= 15 is 0 Å². The summed E-state index contributed by atoms with van der Waals surface area (Å²) < 4.78 is 11.3. The molecule has 0 radical (unpaired) electrons. The molecule has 1 amide bonds. The lowest BCUT2D eigenvalue weighted by Gasteiger charge is -2.41. The van der Waals surface area contributed by atoms with E-state index in [1.807, 2.05) is 11.9 Å². The zero-order valence-electron chi connectivity index (χ0n) is 18.2. The van der Waals surface area contributed by atoms with E-state index in [2.05, 4.69) is 27.0 Å². The van der Waals surface area contributed by atoms with Crippen LogP contribution in [0.4, 0.5) is 0 Å². The smallest absolute Gasteiger partial charge is 0.239 e. The molecule has 0 aliphatic carbocycles. The third-order valence-electron chi connectivity index (χ3n) is 6.55. The number of carbonyl (C=O) groups is 1. The molecule has 0 saturated carbocycles. The first-order chi connectivity index (χ1) is 13.6. The van der Waals surface area contributed by atoms with Crippen molar-refractivity contribution in [3.63, 3.8) is 0 Å². The highest BCUT2D eigenvalue weighted by Crippen LogP contribution is 2.23. The number of nitrogens with zero attached hydrogens (tertiary/aromatic N) is 4. The van der Waals surface area contributed by atoms with Crippen LogP contribution in [0.3, 0.4) is 0 Å². The van der Waals surface area contributed by atoms with Gasteiger partial charge in [-0.3, -0.25) is 14.7 Å². The minimum atomic E-state index is -0.174. The molecular formula is C20H38IN5O3. The topological polar surface area (TPSA) is 69.6 Å². The van der Waals surface area contributed by atoms with Crippen molar-refractivity contribution in [3.8, 4) is 0 Å². The molecule has 3 fully saturated rings. The predicted molar refractivity (Wildman–Crippen MR) is 125 cm³/mol. The van der Waals surface area contributed by atoms with Crippen molar-refractivity contribution in [2.24, 2.45) is 4.99 Å². The van der Waals surface area contributed by atoms with Crippen LogP contribution in [0.2, 0.25) is 0 Å². The molecule has 0 bridgehead atoms. The fourth-order valence-corrected chi connectivity index (χ4v) is 4.45. The van der Waals surface area contributed by atoms with Crippen LogP contribution in [0, 0.1) is 0 Å². The Hall–Kier alpha value is -0.650. The van der Waals surface area contributed by atoms with Crippen LogP contribution in [0.15, 0.2) is 4.99 Å². The minimum Gasteiger partial charge on any atom is -0.381 e. The number of aliphatic imine (C=N–C) groups is 1. The second kappa shape index (κ2) is 11.7. The van der Waals surface area contributed by atoms with E-state index in [1.54, 1.807) is 7.11 Å². The summed E-state index contributed by atoms with van der Waals surface area (Å²) in [7, 11) is 3.62. The lowest BCUT2D eigenvalue weighted by molar-refractivity contribution is -0.135. The Kier molecular flexibility index (Phi) is 9.90. The van der Waals surface area contributed by atoms with Crippen LogP contribution in [-0.2, 0) is 14.3 Å². The predicted octanol–water partition coefficient (Wildman–Crippen LogP) is 1.00. The maximum absolute atomic E-state index is 12.7. The number of likely N-dealkylation sites (tertiary alicyclic amines) is 1. The number of nitrogens with one attached hydrogen (secondary N) is 1. The second-order valence-electron chi connectivity index (χ2n) is 8.13. The molecule has 0 aromatic carbocycles. The van der Waals surface area contributed by atoms with Crippen molar-refractivity contribution in [1.29, 1.82) is 0 Å². The zero-order chi connectivity index (χ0) is 20.0. The van der Waals surface area contributed by atoms with Gasteiger partial charge in [0.2, 0.25) is 5.91 Å². The van der Waals surface area contributed by atoms with Gasteiger partial charge in [-0.2, -0.15) is 0 Å². The first-order valence-electron chi connectivity index (χ1n) is 10.7. The summed E-state index contributed by atoms with van der Waals surface area (Å²) in [6.07, 6.45) is 4.08. The molecule has 1 N–H and O–H groups in total. The fraction of sp³-hybridized carbons (Fsp3) is 0.900. The number of halogens is 1. The molecule has 8 nitrogen and oxygen atoms in total. The third kappa shape index (κ3) is 6.18. The standard InChI is InChI=1S/C20H37N5O3.HI/c1-17(18(26)24-8-4-5-9-24)23-10-12-25(13-11-23)19(21-2)22-16-20(27-3)6-14-28-15-7-20;/h17H,4-16H2,1-3H3,(H,21,22);1H. The summed E-state index contributed by atoms with van der Waals surface area (Å²) in [5, 5.41) is 3.51. The van der Waals surface area contributed by atoms with Gasteiger partial charge >= 0.3 is 0 Å². The Balaban J connectivity index is 0.00000300. The van der Waals surface area contributed by atoms with Gasteiger partial charge in [0, 0.05) is 86.0 Å². The van der Waals surface area contributed by atoms with Crippen LogP contribution in [-0.4, -0.2) is 111 Å². The highest BCUT2D eigenvalue weighted by molar-refractivity contribution is 14.0. The summed E-state index contributed by atoms with van der Waals surface area (Å²) >= 11 is 0. The zero-order valence-corrected chi connectivity index (χ0v) is 20.5. The van der Waals surface area contributed by atoms with Gasteiger partial charge in [-0.15, -0.1) is 24.0 Å². The van der Waals surface area contributed by atoms with E-state index in [4.69, 9.17) is 9.47 Å². The van der Waals surface area contributed by atoms with Crippen molar-refractivity contribution in [2.45, 2.75) is 44.2 Å². The molecule has 3 saturated heterocycles. The summed E-state index contributed by atoms with van der Waals surface area (Å²) in [6.45, 7) is 9.64. The molecule has 3 rings (SSSR count). The van der Waals surface area contributed by atoms with Crippen molar-refractivity contribution in [3.05, 3.63) is 0 Å². The van der Waals surface area contributed by atoms with Crippen molar-refractivity contribution < 1.29 is 14.3 Å². The third-order valence-corrected chi connectivity index (χ3v) is 6.55. The number of hydrogen-bond acceptors (Lipinski definition) is 5. The van der Waals surface area contributed by atoms with Crippen LogP contribution in [0.5, 0.6) is 0 Å². The SMILES string of the molecule is CN=C(NCC1(OC)CCOCC1)N1CCN(C(C)C(=O)N2CCCC2)CC1.I. The van der Waals surface area contributed by atoms with Gasteiger partial charge in [-0.1, -0.05) is 0 Å². The van der Waals surface area contributed by atoms with Crippen molar-refractivity contribution >= 4 is 35.8 Å². The first-order valence-corrected chi connectivity index (χ1v) is 10.7. The number of rotatable bonds is 5. The monoisotopic (exact) mass is 523 g/mol. The molecule has 0 spiro atoms. The molecule has 3 aliphatic heterocycles. The number of piperazine rings is 1. The quantitative estimate of drug-likeness (QED) is 0.330. The van der Waals surface area contributed by atoms with E-state index in [-0.39, 0.29) is 41.5 Å². The van der Waals surface area contributed by atoms with Gasteiger partial charge in [0.25, 0.3) is 0 Å². The molecule has 9 heteroatoms. The largest absolute Gasteiger partial charge is 0.381 e. The van der Waals surface area contributed by atoms with E-state index in [9.17, 15) is 4.79 Å². The summed E-state index contributed by atoms with van der Waals surface area (Å²) in [6, 6.07) is -0.0331. The van der Waals surface area contributed by atoms with Crippen LogP contribution in [0.25, 0.3) is 0 Å². The Morgan fingerprint density at radius 2 is 1.72 bits per heavy atom. The van der Waals surface area contributed by atoms with Gasteiger partial charge in [-0.05, 0) is 19.8 Å². The first kappa shape index (κ1) is 24.6. The Morgan fingerprint density at radius 3 is 2.28 bits per heavy atom. The molecule has 0 aromatic rings. The Bertz CT molecular complexity index is 542. The number of methoxy groups -OCH3 is 1. The van der Waals surface area contributed by atoms with Crippen molar-refractivity contribution in [1.82, 2.24) is 20.0 Å². The van der Waals surface area contributed by atoms with E-state index in [0.29, 0.717) is 0 Å².